The third-order valence-electron chi connectivity index (χ3n) is 2.61. The number of aliphatic hydroxyl groups is 1. The molecule has 3 N–H and O–H groups in total. The van der Waals surface area contributed by atoms with Crippen molar-refractivity contribution in [2.75, 3.05) is 6.54 Å². The van der Waals surface area contributed by atoms with Crippen molar-refractivity contribution in [3.05, 3.63) is 29.6 Å². The molecule has 0 aliphatic carbocycles. The van der Waals surface area contributed by atoms with Crippen LogP contribution in [0.3, 0.4) is 0 Å². The van der Waals surface area contributed by atoms with E-state index in [0.29, 0.717) is 13.1 Å². The molecular weight excluding hydrogens is 244 g/mol. The highest BCUT2D eigenvalue weighted by Crippen LogP contribution is 2.20. The number of nitrogens with one attached hydrogen (secondary N) is 1. The lowest BCUT2D eigenvalue weighted by molar-refractivity contribution is 0.0696. The molecule has 0 aromatic carbocycles. The molecule has 0 amide bonds. The van der Waals surface area contributed by atoms with Crippen molar-refractivity contribution in [2.45, 2.75) is 39.8 Å². The van der Waals surface area contributed by atoms with E-state index in [1.807, 2.05) is 0 Å². The van der Waals surface area contributed by atoms with Crippen LogP contribution >= 0.6 is 0 Å². The van der Waals surface area contributed by atoms with E-state index < -0.39 is 12.1 Å². The number of aromatic carboxylic acids is 1. The van der Waals surface area contributed by atoms with E-state index in [4.69, 9.17) is 5.11 Å². The first kappa shape index (κ1) is 15.6. The predicted octanol–water partition coefficient (Wildman–Crippen LogP) is 1.67. The molecule has 1 unspecified atom stereocenters. The Morgan fingerprint density at radius 3 is 2.58 bits per heavy atom. The standard InChI is InChI=1S/C14H22N2O3/c1-14(2,3)6-12(17)9-15-8-11-5-4-10(7-16-11)13(18)19/h4-5,7,12,15,17H,6,8-9H2,1-3H3,(H,18,19). The summed E-state index contributed by atoms with van der Waals surface area (Å²) in [5.74, 6) is -0.979. The van der Waals surface area contributed by atoms with Crippen molar-refractivity contribution in [2.24, 2.45) is 5.41 Å². The molecular formula is C14H22N2O3. The fraction of sp³-hybridized carbons (Fsp3) is 0.571. The van der Waals surface area contributed by atoms with Gasteiger partial charge in [0, 0.05) is 19.3 Å². The Kier molecular flexibility index (Phi) is 5.44. The first-order valence-corrected chi connectivity index (χ1v) is 6.35. The number of carbonyl (C=O) groups is 1. The Hall–Kier alpha value is -1.46. The third-order valence-corrected chi connectivity index (χ3v) is 2.61. The second-order valence-electron chi connectivity index (χ2n) is 5.89. The predicted molar refractivity (Wildman–Crippen MR) is 73.0 cm³/mol. The first-order chi connectivity index (χ1) is 8.78. The molecule has 0 radical (unpaired) electrons. The molecule has 0 saturated carbocycles. The molecule has 5 heteroatoms. The number of aliphatic hydroxyl groups excluding tert-OH is 1. The summed E-state index contributed by atoms with van der Waals surface area (Å²) in [6.07, 6.45) is 1.68. The second kappa shape index (κ2) is 6.63. The van der Waals surface area contributed by atoms with Crippen LogP contribution in [0.25, 0.3) is 0 Å². The zero-order valence-electron chi connectivity index (χ0n) is 11.7. The normalized spacial score (nSPS) is 13.3. The molecule has 0 bridgehead atoms. The van der Waals surface area contributed by atoms with Gasteiger partial charge in [-0.3, -0.25) is 4.98 Å². The zero-order chi connectivity index (χ0) is 14.5. The van der Waals surface area contributed by atoms with Gasteiger partial charge in [0.15, 0.2) is 0 Å². The molecule has 19 heavy (non-hydrogen) atoms. The minimum Gasteiger partial charge on any atom is -0.478 e. The molecule has 0 spiro atoms. The molecule has 0 aliphatic rings. The van der Waals surface area contributed by atoms with Crippen LogP contribution in [0.2, 0.25) is 0 Å². The quantitative estimate of drug-likeness (QED) is 0.729. The smallest absolute Gasteiger partial charge is 0.337 e. The number of carboxylic acid groups (broad SMARTS) is 1. The van der Waals surface area contributed by atoms with Crippen LogP contribution in [0.1, 0.15) is 43.2 Å². The van der Waals surface area contributed by atoms with Crippen molar-refractivity contribution in [3.63, 3.8) is 0 Å². The maximum atomic E-state index is 10.7. The maximum absolute atomic E-state index is 10.7. The van der Waals surface area contributed by atoms with Gasteiger partial charge in [0.2, 0.25) is 0 Å². The number of carboxylic acids is 1. The second-order valence-corrected chi connectivity index (χ2v) is 5.89. The van der Waals surface area contributed by atoms with Crippen molar-refractivity contribution in [1.29, 1.82) is 0 Å². The first-order valence-electron chi connectivity index (χ1n) is 6.35. The topological polar surface area (TPSA) is 82.5 Å². The summed E-state index contributed by atoms with van der Waals surface area (Å²) in [5.41, 5.74) is 1.03. The van der Waals surface area contributed by atoms with Gasteiger partial charge in [0.1, 0.15) is 0 Å². The number of rotatable bonds is 6. The molecule has 1 atom stereocenters. The van der Waals surface area contributed by atoms with Gasteiger partial charge in [-0.1, -0.05) is 20.8 Å². The van der Waals surface area contributed by atoms with Gasteiger partial charge in [-0.15, -0.1) is 0 Å². The van der Waals surface area contributed by atoms with Crippen LogP contribution in [0.5, 0.6) is 0 Å². The molecule has 1 aromatic heterocycles. The van der Waals surface area contributed by atoms with Crippen LogP contribution in [0.4, 0.5) is 0 Å². The van der Waals surface area contributed by atoms with Crippen molar-refractivity contribution in [3.8, 4) is 0 Å². The van der Waals surface area contributed by atoms with E-state index in [1.165, 1.54) is 12.3 Å². The molecule has 106 valence electrons. The molecule has 0 saturated heterocycles. The van der Waals surface area contributed by atoms with Gasteiger partial charge in [-0.05, 0) is 24.0 Å². The number of nitrogens with zero attached hydrogens (tertiary/aromatic N) is 1. The van der Waals surface area contributed by atoms with Crippen molar-refractivity contribution >= 4 is 5.97 Å². The Bertz CT molecular complexity index is 410. The summed E-state index contributed by atoms with van der Waals surface area (Å²) in [6, 6.07) is 3.20. The van der Waals surface area contributed by atoms with E-state index in [-0.39, 0.29) is 11.0 Å². The average Bonchev–Trinajstić information content (AvgIpc) is 2.27. The van der Waals surface area contributed by atoms with Gasteiger partial charge >= 0.3 is 5.97 Å². The largest absolute Gasteiger partial charge is 0.478 e. The van der Waals surface area contributed by atoms with Crippen LogP contribution < -0.4 is 5.32 Å². The number of pyridine rings is 1. The number of aromatic nitrogens is 1. The third kappa shape index (κ3) is 6.31. The Morgan fingerprint density at radius 1 is 1.42 bits per heavy atom. The van der Waals surface area contributed by atoms with Gasteiger partial charge in [0.05, 0.1) is 17.4 Å². The van der Waals surface area contributed by atoms with E-state index in [2.05, 4.69) is 31.1 Å². The van der Waals surface area contributed by atoms with Crippen LogP contribution in [0, 0.1) is 5.41 Å². The zero-order valence-corrected chi connectivity index (χ0v) is 11.7. The van der Waals surface area contributed by atoms with Gasteiger partial charge in [-0.25, -0.2) is 4.79 Å². The van der Waals surface area contributed by atoms with Crippen LogP contribution in [-0.4, -0.2) is 33.8 Å². The Labute approximate surface area is 113 Å². The number of hydrogen-bond donors (Lipinski definition) is 3. The summed E-state index contributed by atoms with van der Waals surface area (Å²) in [6.45, 7) is 7.27. The van der Waals surface area contributed by atoms with E-state index >= 15 is 0 Å². The lowest BCUT2D eigenvalue weighted by Crippen LogP contribution is -2.30. The summed E-state index contributed by atoms with van der Waals surface area (Å²) in [4.78, 5) is 14.7. The van der Waals surface area contributed by atoms with E-state index in [1.54, 1.807) is 6.07 Å². The Balaban J connectivity index is 2.35. The molecule has 5 nitrogen and oxygen atoms in total. The summed E-state index contributed by atoms with van der Waals surface area (Å²) < 4.78 is 0. The monoisotopic (exact) mass is 266 g/mol. The highest BCUT2D eigenvalue weighted by atomic mass is 16.4. The van der Waals surface area contributed by atoms with E-state index in [0.717, 1.165) is 12.1 Å². The van der Waals surface area contributed by atoms with Gasteiger partial charge in [0.25, 0.3) is 0 Å². The summed E-state index contributed by atoms with van der Waals surface area (Å²) in [7, 11) is 0. The minimum absolute atomic E-state index is 0.0997. The molecule has 0 fully saturated rings. The molecule has 1 aromatic rings. The highest BCUT2D eigenvalue weighted by Gasteiger charge is 2.16. The van der Waals surface area contributed by atoms with Crippen molar-refractivity contribution < 1.29 is 15.0 Å². The number of hydrogen-bond acceptors (Lipinski definition) is 4. The van der Waals surface area contributed by atoms with Gasteiger partial charge < -0.3 is 15.5 Å². The highest BCUT2D eigenvalue weighted by molar-refractivity contribution is 5.87. The fourth-order valence-electron chi connectivity index (χ4n) is 1.80. The molecule has 1 heterocycles. The lowest BCUT2D eigenvalue weighted by Gasteiger charge is -2.22. The maximum Gasteiger partial charge on any atom is 0.337 e. The van der Waals surface area contributed by atoms with E-state index in [9.17, 15) is 9.90 Å². The summed E-state index contributed by atoms with van der Waals surface area (Å²) >= 11 is 0. The van der Waals surface area contributed by atoms with Crippen LogP contribution in [0.15, 0.2) is 18.3 Å². The molecule has 1 rings (SSSR count). The Morgan fingerprint density at radius 2 is 2.11 bits per heavy atom. The van der Waals surface area contributed by atoms with Crippen LogP contribution in [-0.2, 0) is 6.54 Å². The fourth-order valence-corrected chi connectivity index (χ4v) is 1.80. The minimum atomic E-state index is -0.979. The summed E-state index contributed by atoms with van der Waals surface area (Å²) in [5, 5.41) is 21.7. The lowest BCUT2D eigenvalue weighted by atomic mass is 9.89. The molecule has 0 aliphatic heterocycles. The van der Waals surface area contributed by atoms with Crippen molar-refractivity contribution in [1.82, 2.24) is 10.3 Å². The SMILES string of the molecule is CC(C)(C)CC(O)CNCc1ccc(C(=O)O)cn1. The van der Waals surface area contributed by atoms with Gasteiger partial charge in [-0.2, -0.15) is 0 Å². The average molecular weight is 266 g/mol.